The zero-order valence-electron chi connectivity index (χ0n) is 6.86. The van der Waals surface area contributed by atoms with Gasteiger partial charge in [0.15, 0.2) is 6.61 Å². The average molecular weight is 173 g/mol. The highest BCUT2D eigenvalue weighted by Gasteiger charge is 2.18. The third-order valence-corrected chi connectivity index (χ3v) is 1.35. The first-order valence-electron chi connectivity index (χ1n) is 3.54. The van der Waals surface area contributed by atoms with Crippen molar-refractivity contribution in [3.05, 3.63) is 22.8 Å². The van der Waals surface area contributed by atoms with Gasteiger partial charge in [-0.3, -0.25) is 10.1 Å². The number of ether oxygens (including phenoxy) is 1. The maximum absolute atomic E-state index is 10.5. The fraction of sp³-hybridized carbons (Fsp3) is 0.571. The second kappa shape index (κ2) is 5.29. The Balaban J connectivity index is 3.80. The minimum atomic E-state index is -0.811. The van der Waals surface area contributed by atoms with Crippen LogP contribution >= 0.6 is 0 Å². The summed E-state index contributed by atoms with van der Waals surface area (Å²) in [7, 11) is 0. The molecule has 0 rings (SSSR count). The van der Waals surface area contributed by atoms with E-state index in [1.165, 1.54) is 0 Å². The smallest absolute Gasteiger partial charge is 0.330 e. The van der Waals surface area contributed by atoms with Crippen molar-refractivity contribution < 1.29 is 14.5 Å². The molecule has 0 radical (unpaired) electrons. The van der Waals surface area contributed by atoms with E-state index < -0.39 is 16.9 Å². The predicted octanol–water partition coefficient (Wildman–Crippen LogP) is 0.771. The Kier molecular flexibility index (Phi) is 4.67. The van der Waals surface area contributed by atoms with Crippen LogP contribution in [0.4, 0.5) is 0 Å². The Morgan fingerprint density at radius 1 is 1.83 bits per heavy atom. The number of hydrogen-bond donors (Lipinski definition) is 0. The van der Waals surface area contributed by atoms with Gasteiger partial charge in [-0.15, -0.1) is 0 Å². The molecule has 0 aromatic carbocycles. The molecule has 0 aliphatic rings. The molecule has 0 unspecified atom stereocenters. The van der Waals surface area contributed by atoms with E-state index in [4.69, 9.17) is 0 Å². The molecule has 68 valence electrons. The number of carbonyl (C=O) groups is 1. The van der Waals surface area contributed by atoms with Gasteiger partial charge >= 0.3 is 5.97 Å². The molecule has 0 N–H and O–H groups in total. The normalized spacial score (nSPS) is 11.8. The standard InChI is InChI=1S/C7H11NO4/c1-3-6(8(10)11)5-12-7(9)4-2/h4,6H,2-3,5H2,1H3/t6-/m1/s1. The van der Waals surface area contributed by atoms with Crippen molar-refractivity contribution in [2.24, 2.45) is 0 Å². The largest absolute Gasteiger partial charge is 0.455 e. The summed E-state index contributed by atoms with van der Waals surface area (Å²) in [5, 5.41) is 10.2. The number of nitro groups is 1. The van der Waals surface area contributed by atoms with Crippen molar-refractivity contribution in [1.29, 1.82) is 0 Å². The number of nitrogens with zero attached hydrogens (tertiary/aromatic N) is 1. The van der Waals surface area contributed by atoms with E-state index in [2.05, 4.69) is 11.3 Å². The van der Waals surface area contributed by atoms with E-state index >= 15 is 0 Å². The molecule has 12 heavy (non-hydrogen) atoms. The number of carbonyl (C=O) groups excluding carboxylic acids is 1. The topological polar surface area (TPSA) is 69.4 Å². The predicted molar refractivity (Wildman–Crippen MR) is 42.2 cm³/mol. The number of hydrogen-bond acceptors (Lipinski definition) is 4. The fourth-order valence-electron chi connectivity index (χ4n) is 0.565. The zero-order valence-corrected chi connectivity index (χ0v) is 6.86. The highest BCUT2D eigenvalue weighted by atomic mass is 16.6. The van der Waals surface area contributed by atoms with Crippen LogP contribution in [0.15, 0.2) is 12.7 Å². The van der Waals surface area contributed by atoms with Crippen LogP contribution in [0, 0.1) is 10.1 Å². The highest BCUT2D eigenvalue weighted by Crippen LogP contribution is 1.97. The Hall–Kier alpha value is -1.39. The van der Waals surface area contributed by atoms with Crippen LogP contribution in [0.25, 0.3) is 0 Å². The van der Waals surface area contributed by atoms with Gasteiger partial charge in [-0.25, -0.2) is 4.79 Å². The first-order chi connectivity index (χ1) is 5.61. The van der Waals surface area contributed by atoms with Gasteiger partial charge in [0.2, 0.25) is 6.04 Å². The minimum Gasteiger partial charge on any atom is -0.455 e. The molecule has 1 atom stereocenters. The van der Waals surface area contributed by atoms with Crippen LogP contribution in [-0.2, 0) is 9.53 Å². The molecule has 0 bridgehead atoms. The highest BCUT2D eigenvalue weighted by molar-refractivity contribution is 5.81. The summed E-state index contributed by atoms with van der Waals surface area (Å²) in [6, 6.07) is -0.811. The molecule has 0 aliphatic heterocycles. The van der Waals surface area contributed by atoms with E-state index in [0.717, 1.165) is 6.08 Å². The fourth-order valence-corrected chi connectivity index (χ4v) is 0.565. The Bertz CT molecular complexity index is 190. The van der Waals surface area contributed by atoms with Crippen LogP contribution < -0.4 is 0 Å². The maximum atomic E-state index is 10.5. The maximum Gasteiger partial charge on any atom is 0.330 e. The Labute approximate surface area is 70.2 Å². The summed E-state index contributed by atoms with van der Waals surface area (Å²) in [6.45, 7) is 4.64. The minimum absolute atomic E-state index is 0.186. The van der Waals surface area contributed by atoms with Crippen molar-refractivity contribution in [1.82, 2.24) is 0 Å². The lowest BCUT2D eigenvalue weighted by Crippen LogP contribution is -2.25. The summed E-state index contributed by atoms with van der Waals surface area (Å²) < 4.78 is 4.51. The molecule has 0 heterocycles. The van der Waals surface area contributed by atoms with Crippen LogP contribution in [0.1, 0.15) is 13.3 Å². The Morgan fingerprint density at radius 3 is 2.75 bits per heavy atom. The van der Waals surface area contributed by atoms with Gasteiger partial charge in [0.25, 0.3) is 0 Å². The lowest BCUT2D eigenvalue weighted by Gasteiger charge is -2.05. The summed E-state index contributed by atoms with van der Waals surface area (Å²) in [5.74, 6) is -0.629. The third-order valence-electron chi connectivity index (χ3n) is 1.35. The van der Waals surface area contributed by atoms with Crippen molar-refractivity contribution >= 4 is 5.97 Å². The molecule has 5 nitrogen and oxygen atoms in total. The van der Waals surface area contributed by atoms with Crippen LogP contribution in [-0.4, -0.2) is 23.5 Å². The van der Waals surface area contributed by atoms with Gasteiger partial charge in [-0.1, -0.05) is 13.5 Å². The lowest BCUT2D eigenvalue weighted by molar-refractivity contribution is -0.525. The van der Waals surface area contributed by atoms with E-state index in [1.807, 2.05) is 0 Å². The Morgan fingerprint density at radius 2 is 2.42 bits per heavy atom. The summed E-state index contributed by atoms with van der Waals surface area (Å²) in [5.41, 5.74) is 0. The van der Waals surface area contributed by atoms with Gasteiger partial charge in [0.05, 0.1) is 0 Å². The third kappa shape index (κ3) is 3.70. The zero-order chi connectivity index (χ0) is 9.56. The molecule has 0 aliphatic carbocycles. The molecule has 0 aromatic heterocycles. The van der Waals surface area contributed by atoms with E-state index in [9.17, 15) is 14.9 Å². The lowest BCUT2D eigenvalue weighted by atomic mass is 10.2. The monoisotopic (exact) mass is 173 g/mol. The van der Waals surface area contributed by atoms with Gasteiger partial charge in [0, 0.05) is 17.4 Å². The first-order valence-corrected chi connectivity index (χ1v) is 3.54. The molecular formula is C7H11NO4. The van der Waals surface area contributed by atoms with Gasteiger partial charge in [-0.2, -0.15) is 0 Å². The summed E-state index contributed by atoms with van der Waals surface area (Å²) in [6.07, 6.45) is 1.32. The molecule has 0 saturated carbocycles. The van der Waals surface area contributed by atoms with E-state index in [1.54, 1.807) is 6.92 Å². The summed E-state index contributed by atoms with van der Waals surface area (Å²) in [4.78, 5) is 20.2. The summed E-state index contributed by atoms with van der Waals surface area (Å²) >= 11 is 0. The average Bonchev–Trinajstić information content (AvgIpc) is 2.04. The van der Waals surface area contributed by atoms with Gasteiger partial charge < -0.3 is 4.74 Å². The van der Waals surface area contributed by atoms with Crippen LogP contribution in [0.3, 0.4) is 0 Å². The molecule has 5 heteroatoms. The van der Waals surface area contributed by atoms with E-state index in [0.29, 0.717) is 6.42 Å². The van der Waals surface area contributed by atoms with Crippen molar-refractivity contribution in [2.75, 3.05) is 6.61 Å². The van der Waals surface area contributed by atoms with Gasteiger partial charge in [-0.05, 0) is 0 Å². The van der Waals surface area contributed by atoms with Crippen molar-refractivity contribution in [3.63, 3.8) is 0 Å². The first kappa shape index (κ1) is 10.6. The van der Waals surface area contributed by atoms with E-state index in [-0.39, 0.29) is 6.61 Å². The van der Waals surface area contributed by atoms with Crippen LogP contribution in [0.2, 0.25) is 0 Å². The molecule has 0 fully saturated rings. The second-order valence-electron chi connectivity index (χ2n) is 2.18. The second-order valence-corrected chi connectivity index (χ2v) is 2.18. The molecule has 0 aromatic rings. The van der Waals surface area contributed by atoms with Crippen LogP contribution in [0.5, 0.6) is 0 Å². The molecule has 0 spiro atoms. The number of rotatable bonds is 5. The van der Waals surface area contributed by atoms with Crippen molar-refractivity contribution in [3.8, 4) is 0 Å². The molecular weight excluding hydrogens is 162 g/mol. The molecule has 0 saturated heterocycles. The SMILES string of the molecule is C=CC(=O)OC[C@@H](CC)[N+](=O)[O-]. The number of esters is 1. The quantitative estimate of drug-likeness (QED) is 0.266. The van der Waals surface area contributed by atoms with Gasteiger partial charge in [0.1, 0.15) is 0 Å². The van der Waals surface area contributed by atoms with Crippen molar-refractivity contribution in [2.45, 2.75) is 19.4 Å². The molecule has 0 amide bonds.